The molecule has 0 aromatic heterocycles. The van der Waals surface area contributed by atoms with E-state index in [-0.39, 0.29) is 11.9 Å². The van der Waals surface area contributed by atoms with Crippen LogP contribution in [0.15, 0.2) is 6.07 Å². The van der Waals surface area contributed by atoms with Gasteiger partial charge in [-0.3, -0.25) is 0 Å². The van der Waals surface area contributed by atoms with Gasteiger partial charge in [-0.2, -0.15) is 0 Å². The van der Waals surface area contributed by atoms with E-state index in [2.05, 4.69) is 5.32 Å². The third kappa shape index (κ3) is 2.08. The lowest BCUT2D eigenvalue weighted by molar-refractivity contribution is 0.0766. The second-order valence-electron chi connectivity index (χ2n) is 4.09. The third-order valence-electron chi connectivity index (χ3n) is 3.03. The summed E-state index contributed by atoms with van der Waals surface area (Å²) in [7, 11) is 0. The van der Waals surface area contributed by atoms with E-state index < -0.39 is 0 Å². The highest BCUT2D eigenvalue weighted by atomic mass is 35.5. The average Bonchev–Trinajstić information content (AvgIpc) is 2.32. The van der Waals surface area contributed by atoms with Gasteiger partial charge in [0.25, 0.3) is 0 Å². The molecule has 1 saturated heterocycles. The molecule has 2 rings (SSSR count). The van der Waals surface area contributed by atoms with Crippen LogP contribution in [0.1, 0.15) is 22.7 Å². The summed E-state index contributed by atoms with van der Waals surface area (Å²) in [6, 6.07) is 1.60. The lowest BCUT2D eigenvalue weighted by Crippen LogP contribution is -2.35. The van der Waals surface area contributed by atoms with Crippen molar-refractivity contribution in [1.82, 2.24) is 5.32 Å². The Bertz CT molecular complexity index is 402. The molecule has 0 aliphatic carbocycles. The molecule has 1 aliphatic heterocycles. The van der Waals surface area contributed by atoms with E-state index in [9.17, 15) is 4.39 Å². The summed E-state index contributed by atoms with van der Waals surface area (Å²) in [4.78, 5) is 0. The molecular weight excluding hydrogens is 229 g/mol. The van der Waals surface area contributed by atoms with Crippen LogP contribution in [0.3, 0.4) is 0 Å². The smallest absolute Gasteiger partial charge is 0.127 e. The van der Waals surface area contributed by atoms with Gasteiger partial charge < -0.3 is 10.1 Å². The summed E-state index contributed by atoms with van der Waals surface area (Å²) >= 11 is 6.10. The first-order valence-corrected chi connectivity index (χ1v) is 5.75. The summed E-state index contributed by atoms with van der Waals surface area (Å²) < 4.78 is 19.0. The van der Waals surface area contributed by atoms with Crippen molar-refractivity contribution < 1.29 is 9.13 Å². The van der Waals surface area contributed by atoms with Crippen LogP contribution in [0.2, 0.25) is 5.02 Å². The molecule has 1 aliphatic rings. The Morgan fingerprint density at radius 3 is 2.81 bits per heavy atom. The molecule has 1 aromatic carbocycles. The van der Waals surface area contributed by atoms with Gasteiger partial charge in [0.05, 0.1) is 19.3 Å². The van der Waals surface area contributed by atoms with Gasteiger partial charge in [-0.15, -0.1) is 0 Å². The van der Waals surface area contributed by atoms with Crippen LogP contribution in [0.25, 0.3) is 0 Å². The number of nitrogens with one attached hydrogen (secondary N) is 1. The lowest BCUT2D eigenvalue weighted by atomic mass is 9.98. The standard InChI is InChI=1S/C12H15ClFNO/c1-7-9(11-6-16-4-3-15-11)5-10(14)8(2)12(7)13/h5,11,15H,3-4,6H2,1-2H3. The van der Waals surface area contributed by atoms with Crippen molar-refractivity contribution in [3.8, 4) is 0 Å². The van der Waals surface area contributed by atoms with Crippen LogP contribution in [-0.4, -0.2) is 19.8 Å². The predicted octanol–water partition coefficient (Wildman–Crippen LogP) is 2.76. The van der Waals surface area contributed by atoms with Crippen LogP contribution < -0.4 is 5.32 Å². The minimum Gasteiger partial charge on any atom is -0.378 e. The summed E-state index contributed by atoms with van der Waals surface area (Å²) in [6.45, 7) is 5.67. The van der Waals surface area contributed by atoms with Crippen LogP contribution >= 0.6 is 11.6 Å². The van der Waals surface area contributed by atoms with Crippen LogP contribution in [0.4, 0.5) is 4.39 Å². The molecule has 1 aromatic rings. The number of hydrogen-bond donors (Lipinski definition) is 1. The minimum absolute atomic E-state index is 0.0429. The maximum absolute atomic E-state index is 13.6. The molecule has 1 N–H and O–H groups in total. The Hall–Kier alpha value is -0.640. The summed E-state index contributed by atoms with van der Waals surface area (Å²) in [5, 5.41) is 3.82. The number of hydrogen-bond acceptors (Lipinski definition) is 2. The molecule has 0 radical (unpaired) electrons. The average molecular weight is 244 g/mol. The molecule has 0 spiro atoms. The van der Waals surface area contributed by atoms with Crippen LogP contribution in [-0.2, 0) is 4.74 Å². The van der Waals surface area contributed by atoms with Gasteiger partial charge in [0.2, 0.25) is 0 Å². The predicted molar refractivity (Wildman–Crippen MR) is 62.4 cm³/mol. The molecule has 2 nitrogen and oxygen atoms in total. The highest BCUT2D eigenvalue weighted by Crippen LogP contribution is 2.30. The fourth-order valence-electron chi connectivity index (χ4n) is 1.99. The first-order chi connectivity index (χ1) is 7.61. The zero-order valence-electron chi connectivity index (χ0n) is 9.44. The monoisotopic (exact) mass is 243 g/mol. The zero-order valence-corrected chi connectivity index (χ0v) is 10.2. The first-order valence-electron chi connectivity index (χ1n) is 5.37. The fraction of sp³-hybridized carbons (Fsp3) is 0.500. The van der Waals surface area contributed by atoms with Crippen molar-refractivity contribution >= 4 is 11.6 Å². The highest BCUT2D eigenvalue weighted by molar-refractivity contribution is 6.32. The summed E-state index contributed by atoms with van der Waals surface area (Å²) in [5.74, 6) is -0.252. The largest absolute Gasteiger partial charge is 0.378 e. The van der Waals surface area contributed by atoms with Crippen LogP contribution in [0.5, 0.6) is 0 Å². The molecule has 1 unspecified atom stereocenters. The number of benzene rings is 1. The van der Waals surface area contributed by atoms with Gasteiger partial charge in [-0.1, -0.05) is 11.6 Å². The Kier molecular flexibility index (Phi) is 3.47. The molecule has 88 valence electrons. The second-order valence-corrected chi connectivity index (χ2v) is 4.47. The van der Waals surface area contributed by atoms with E-state index >= 15 is 0 Å². The molecule has 1 atom stereocenters. The van der Waals surface area contributed by atoms with E-state index in [1.165, 1.54) is 0 Å². The number of halogens is 2. The molecule has 0 saturated carbocycles. The van der Waals surface area contributed by atoms with E-state index in [4.69, 9.17) is 16.3 Å². The Labute approximate surface area is 99.7 Å². The van der Waals surface area contributed by atoms with E-state index in [0.29, 0.717) is 23.8 Å². The third-order valence-corrected chi connectivity index (χ3v) is 3.60. The normalized spacial score (nSPS) is 21.1. The van der Waals surface area contributed by atoms with Gasteiger partial charge in [-0.25, -0.2) is 4.39 Å². The minimum atomic E-state index is -0.252. The van der Waals surface area contributed by atoms with Crippen molar-refractivity contribution in [2.45, 2.75) is 19.9 Å². The van der Waals surface area contributed by atoms with Crippen molar-refractivity contribution in [3.63, 3.8) is 0 Å². The summed E-state index contributed by atoms with van der Waals surface area (Å²) in [6.07, 6.45) is 0. The molecular formula is C12H15ClFNO. The van der Waals surface area contributed by atoms with Gasteiger partial charge >= 0.3 is 0 Å². The molecule has 1 fully saturated rings. The molecule has 1 heterocycles. The Morgan fingerprint density at radius 1 is 1.44 bits per heavy atom. The van der Waals surface area contributed by atoms with Crippen molar-refractivity contribution in [2.24, 2.45) is 0 Å². The Balaban J connectivity index is 2.40. The quantitative estimate of drug-likeness (QED) is 0.819. The topological polar surface area (TPSA) is 21.3 Å². The number of morpholine rings is 1. The second kappa shape index (κ2) is 4.70. The van der Waals surface area contributed by atoms with Gasteiger partial charge in [0.15, 0.2) is 0 Å². The fourth-order valence-corrected chi connectivity index (χ4v) is 2.19. The SMILES string of the molecule is Cc1c(F)cc(C2COCCN2)c(C)c1Cl. The maximum Gasteiger partial charge on any atom is 0.127 e. The molecule has 4 heteroatoms. The summed E-state index contributed by atoms with van der Waals surface area (Å²) in [5.41, 5.74) is 2.34. The van der Waals surface area contributed by atoms with Gasteiger partial charge in [0.1, 0.15) is 5.82 Å². The Morgan fingerprint density at radius 2 is 2.19 bits per heavy atom. The first kappa shape index (κ1) is 11.8. The number of rotatable bonds is 1. The van der Waals surface area contributed by atoms with E-state index in [0.717, 1.165) is 17.7 Å². The molecule has 0 bridgehead atoms. The highest BCUT2D eigenvalue weighted by Gasteiger charge is 2.20. The molecule has 0 amide bonds. The molecule has 16 heavy (non-hydrogen) atoms. The van der Waals surface area contributed by atoms with Gasteiger partial charge in [-0.05, 0) is 31.0 Å². The van der Waals surface area contributed by atoms with Gasteiger partial charge in [0, 0.05) is 17.1 Å². The van der Waals surface area contributed by atoms with Crippen LogP contribution in [0, 0.1) is 19.7 Å². The van der Waals surface area contributed by atoms with Crippen molar-refractivity contribution in [1.29, 1.82) is 0 Å². The van der Waals surface area contributed by atoms with E-state index in [1.807, 2.05) is 6.92 Å². The van der Waals surface area contributed by atoms with Crippen molar-refractivity contribution in [2.75, 3.05) is 19.8 Å². The zero-order chi connectivity index (χ0) is 11.7. The van der Waals surface area contributed by atoms with E-state index in [1.54, 1.807) is 13.0 Å². The van der Waals surface area contributed by atoms with Crippen molar-refractivity contribution in [3.05, 3.63) is 33.6 Å². The lowest BCUT2D eigenvalue weighted by Gasteiger charge is -2.26. The number of ether oxygens (including phenoxy) is 1. The maximum atomic E-state index is 13.6.